The van der Waals surface area contributed by atoms with Crippen LogP contribution in [-0.2, 0) is 0 Å². The van der Waals surface area contributed by atoms with E-state index in [1.165, 1.54) is 6.20 Å². The first-order valence-corrected chi connectivity index (χ1v) is 8.21. The van der Waals surface area contributed by atoms with E-state index in [0.29, 0.717) is 17.2 Å². The molecule has 0 bridgehead atoms. The van der Waals surface area contributed by atoms with Crippen LogP contribution < -0.4 is 10.2 Å². The number of hydrogen-bond donors (Lipinski definition) is 1. The Morgan fingerprint density at radius 1 is 1.28 bits per heavy atom. The Hall–Kier alpha value is -3.03. The molecule has 1 aliphatic heterocycles. The van der Waals surface area contributed by atoms with Gasteiger partial charge in [-0.2, -0.15) is 5.10 Å². The normalized spacial score (nSPS) is 16.3. The third kappa shape index (κ3) is 3.02. The molecule has 0 radical (unpaired) electrons. The second kappa shape index (κ2) is 5.80. The van der Waals surface area contributed by atoms with E-state index < -0.39 is 0 Å². The number of carbonyl (C=O) groups excluding carboxylic acids is 1. The van der Waals surface area contributed by atoms with Crippen LogP contribution in [0.3, 0.4) is 0 Å². The molecule has 8 heteroatoms. The number of imidazole rings is 1. The average Bonchev–Trinajstić information content (AvgIpc) is 3.18. The van der Waals surface area contributed by atoms with Crippen molar-refractivity contribution in [3.8, 4) is 0 Å². The lowest BCUT2D eigenvalue weighted by atomic mass is 9.93. The fourth-order valence-electron chi connectivity index (χ4n) is 3.04. The SMILES string of the molecule is CC1(C)CCN(c2ccc3ncc(C(=O)Nc4cccnn4)n3n2)C1. The van der Waals surface area contributed by atoms with E-state index >= 15 is 0 Å². The minimum atomic E-state index is -0.320. The van der Waals surface area contributed by atoms with Crippen molar-refractivity contribution in [3.63, 3.8) is 0 Å². The first-order valence-electron chi connectivity index (χ1n) is 8.21. The zero-order chi connectivity index (χ0) is 17.4. The fraction of sp³-hybridized carbons (Fsp3) is 0.353. The van der Waals surface area contributed by atoms with Gasteiger partial charge in [0.25, 0.3) is 5.91 Å². The number of nitrogens with one attached hydrogen (secondary N) is 1. The number of fused-ring (bicyclic) bond motifs is 1. The van der Waals surface area contributed by atoms with Gasteiger partial charge in [-0.05, 0) is 36.1 Å². The van der Waals surface area contributed by atoms with E-state index in [-0.39, 0.29) is 11.3 Å². The molecule has 1 fully saturated rings. The van der Waals surface area contributed by atoms with Crippen LogP contribution >= 0.6 is 0 Å². The lowest BCUT2D eigenvalue weighted by molar-refractivity contribution is 0.102. The summed E-state index contributed by atoms with van der Waals surface area (Å²) in [7, 11) is 0. The van der Waals surface area contributed by atoms with Gasteiger partial charge in [-0.15, -0.1) is 10.2 Å². The molecule has 4 rings (SSSR count). The van der Waals surface area contributed by atoms with E-state index in [0.717, 1.165) is 25.3 Å². The standard InChI is InChI=1S/C17H19N7O/c1-17(2)7-9-23(11-17)15-6-5-14-18-10-12(24(14)22-15)16(25)20-13-4-3-8-19-21-13/h3-6,8,10H,7,9,11H2,1-2H3,(H,20,21,25). The third-order valence-corrected chi connectivity index (χ3v) is 4.40. The molecule has 3 aromatic rings. The van der Waals surface area contributed by atoms with Gasteiger partial charge < -0.3 is 10.2 Å². The predicted molar refractivity (Wildman–Crippen MR) is 93.6 cm³/mol. The van der Waals surface area contributed by atoms with E-state index in [2.05, 4.69) is 44.3 Å². The molecule has 0 saturated carbocycles. The average molecular weight is 337 g/mol. The van der Waals surface area contributed by atoms with Gasteiger partial charge in [-0.25, -0.2) is 9.50 Å². The summed E-state index contributed by atoms with van der Waals surface area (Å²) < 4.78 is 1.58. The molecule has 3 aromatic heterocycles. The molecule has 0 unspecified atom stereocenters. The summed E-state index contributed by atoms with van der Waals surface area (Å²) >= 11 is 0. The monoisotopic (exact) mass is 337 g/mol. The minimum absolute atomic E-state index is 0.276. The van der Waals surface area contributed by atoms with E-state index in [1.54, 1.807) is 22.8 Å². The van der Waals surface area contributed by atoms with Crippen molar-refractivity contribution in [2.24, 2.45) is 5.41 Å². The Kier molecular flexibility index (Phi) is 3.60. The number of anilines is 2. The highest BCUT2D eigenvalue weighted by Gasteiger charge is 2.30. The Morgan fingerprint density at radius 2 is 2.16 bits per heavy atom. The van der Waals surface area contributed by atoms with E-state index in [9.17, 15) is 4.79 Å². The van der Waals surface area contributed by atoms with Gasteiger partial charge in [0.05, 0.1) is 6.20 Å². The van der Waals surface area contributed by atoms with Crippen LogP contribution in [-0.4, -0.2) is 43.8 Å². The van der Waals surface area contributed by atoms with Crippen molar-refractivity contribution in [1.29, 1.82) is 0 Å². The van der Waals surface area contributed by atoms with Crippen LogP contribution in [0.15, 0.2) is 36.7 Å². The molecule has 0 aliphatic carbocycles. The van der Waals surface area contributed by atoms with Crippen molar-refractivity contribution in [2.75, 3.05) is 23.3 Å². The summed E-state index contributed by atoms with van der Waals surface area (Å²) in [6.45, 7) is 6.41. The van der Waals surface area contributed by atoms with Crippen LogP contribution in [0.4, 0.5) is 11.6 Å². The summed E-state index contributed by atoms with van der Waals surface area (Å²) in [6, 6.07) is 7.22. The van der Waals surface area contributed by atoms with Crippen LogP contribution in [0, 0.1) is 5.41 Å². The first kappa shape index (κ1) is 15.5. The quantitative estimate of drug-likeness (QED) is 0.786. The summed E-state index contributed by atoms with van der Waals surface area (Å²) in [4.78, 5) is 19.0. The number of amides is 1. The number of rotatable bonds is 3. The Balaban J connectivity index is 1.64. The van der Waals surface area contributed by atoms with Gasteiger partial charge in [0.2, 0.25) is 0 Å². The van der Waals surface area contributed by atoms with Gasteiger partial charge in [-0.3, -0.25) is 4.79 Å². The molecule has 4 heterocycles. The molecule has 1 N–H and O–H groups in total. The molecule has 0 atom stereocenters. The van der Waals surface area contributed by atoms with E-state index in [4.69, 9.17) is 0 Å². The van der Waals surface area contributed by atoms with Crippen molar-refractivity contribution in [3.05, 3.63) is 42.4 Å². The maximum Gasteiger partial charge on any atom is 0.277 e. The lowest BCUT2D eigenvalue weighted by Gasteiger charge is -2.20. The van der Waals surface area contributed by atoms with Crippen LogP contribution in [0.25, 0.3) is 5.65 Å². The molecule has 25 heavy (non-hydrogen) atoms. The molecule has 0 spiro atoms. The Labute approximate surface area is 144 Å². The van der Waals surface area contributed by atoms with Gasteiger partial charge in [-0.1, -0.05) is 13.8 Å². The molecule has 1 aliphatic rings. The number of aromatic nitrogens is 5. The third-order valence-electron chi connectivity index (χ3n) is 4.40. The van der Waals surface area contributed by atoms with Crippen LogP contribution in [0.2, 0.25) is 0 Å². The molecule has 128 valence electrons. The molecular weight excluding hydrogens is 318 g/mol. The largest absolute Gasteiger partial charge is 0.355 e. The number of hydrogen-bond acceptors (Lipinski definition) is 6. The second-order valence-electron chi connectivity index (χ2n) is 7.00. The first-order chi connectivity index (χ1) is 12.0. The topological polar surface area (TPSA) is 88.3 Å². The number of carbonyl (C=O) groups is 1. The predicted octanol–water partition coefficient (Wildman–Crippen LogP) is 2.01. The van der Waals surface area contributed by atoms with Crippen molar-refractivity contribution >= 4 is 23.2 Å². The van der Waals surface area contributed by atoms with E-state index in [1.807, 2.05) is 12.1 Å². The second-order valence-corrected chi connectivity index (χ2v) is 7.00. The number of nitrogens with zero attached hydrogens (tertiary/aromatic N) is 6. The van der Waals surface area contributed by atoms with Gasteiger partial charge in [0, 0.05) is 19.3 Å². The zero-order valence-electron chi connectivity index (χ0n) is 14.2. The van der Waals surface area contributed by atoms with Gasteiger partial charge >= 0.3 is 0 Å². The lowest BCUT2D eigenvalue weighted by Crippen LogP contribution is -2.24. The maximum atomic E-state index is 12.5. The summed E-state index contributed by atoms with van der Waals surface area (Å²) in [6.07, 6.45) is 4.19. The molecule has 1 amide bonds. The highest BCUT2D eigenvalue weighted by atomic mass is 16.2. The summed E-state index contributed by atoms with van der Waals surface area (Å²) in [5.74, 6) is 0.920. The molecular formula is C17H19N7O. The van der Waals surface area contributed by atoms with Gasteiger partial charge in [0.15, 0.2) is 17.2 Å². The molecule has 1 saturated heterocycles. The van der Waals surface area contributed by atoms with Crippen molar-refractivity contribution < 1.29 is 4.79 Å². The van der Waals surface area contributed by atoms with Crippen LogP contribution in [0.5, 0.6) is 0 Å². The highest BCUT2D eigenvalue weighted by molar-refractivity contribution is 6.02. The minimum Gasteiger partial charge on any atom is -0.355 e. The Morgan fingerprint density at radius 3 is 2.88 bits per heavy atom. The van der Waals surface area contributed by atoms with Crippen LogP contribution in [0.1, 0.15) is 30.8 Å². The highest BCUT2D eigenvalue weighted by Crippen LogP contribution is 2.31. The smallest absolute Gasteiger partial charge is 0.277 e. The maximum absolute atomic E-state index is 12.5. The fourth-order valence-corrected chi connectivity index (χ4v) is 3.04. The summed E-state index contributed by atoms with van der Waals surface area (Å²) in [5, 5.41) is 15.0. The van der Waals surface area contributed by atoms with Gasteiger partial charge in [0.1, 0.15) is 5.82 Å². The van der Waals surface area contributed by atoms with Crippen molar-refractivity contribution in [2.45, 2.75) is 20.3 Å². The Bertz CT molecular complexity index is 919. The van der Waals surface area contributed by atoms with Crippen molar-refractivity contribution in [1.82, 2.24) is 24.8 Å². The molecule has 8 nitrogen and oxygen atoms in total. The summed E-state index contributed by atoms with van der Waals surface area (Å²) in [5.41, 5.74) is 1.27. The molecule has 0 aromatic carbocycles. The zero-order valence-corrected chi connectivity index (χ0v) is 14.2.